The summed E-state index contributed by atoms with van der Waals surface area (Å²) in [4.78, 5) is 0. The maximum atomic E-state index is 5.50. The summed E-state index contributed by atoms with van der Waals surface area (Å²) in [6.45, 7) is 0.554. The molecule has 0 N–H and O–H groups in total. The minimum absolute atomic E-state index is 0.554. The minimum Gasteiger partial charge on any atom is -0.467 e. The molecule has 0 aliphatic carbocycles. The van der Waals surface area contributed by atoms with E-state index in [9.17, 15) is 0 Å². The van der Waals surface area contributed by atoms with Gasteiger partial charge in [-0.15, -0.1) is 10.2 Å². The van der Waals surface area contributed by atoms with Gasteiger partial charge in [-0.3, -0.25) is 4.57 Å². The van der Waals surface area contributed by atoms with E-state index in [1.165, 1.54) is 5.56 Å². The van der Waals surface area contributed by atoms with Crippen LogP contribution in [0.15, 0.2) is 79.5 Å². The van der Waals surface area contributed by atoms with Crippen LogP contribution in [0.1, 0.15) is 11.3 Å². The standard InChI is InChI=1S/C18H14BrN3O2S/c19-14-7-5-13(6-8-14)12-25-18-21-20-17(16-4-2-10-24-16)22(18)11-15-3-1-9-23-15/h1-10H,11-12H2. The Labute approximate surface area is 157 Å². The zero-order valence-electron chi connectivity index (χ0n) is 13.1. The molecular formula is C18H14BrN3O2S. The lowest BCUT2D eigenvalue weighted by Crippen LogP contribution is -2.03. The second kappa shape index (κ2) is 7.33. The summed E-state index contributed by atoms with van der Waals surface area (Å²) in [5.41, 5.74) is 1.22. The van der Waals surface area contributed by atoms with E-state index in [-0.39, 0.29) is 0 Å². The molecule has 0 bridgehead atoms. The summed E-state index contributed by atoms with van der Waals surface area (Å²) in [6, 6.07) is 15.8. The molecule has 3 heterocycles. The van der Waals surface area contributed by atoms with Crippen molar-refractivity contribution in [2.45, 2.75) is 17.5 Å². The highest BCUT2D eigenvalue weighted by molar-refractivity contribution is 9.10. The quantitative estimate of drug-likeness (QED) is 0.403. The molecule has 0 saturated carbocycles. The van der Waals surface area contributed by atoms with Gasteiger partial charge in [-0.25, -0.2) is 0 Å². The fourth-order valence-electron chi connectivity index (χ4n) is 2.41. The summed E-state index contributed by atoms with van der Waals surface area (Å²) in [6.07, 6.45) is 3.30. The average Bonchev–Trinajstić information content (AvgIpc) is 3.37. The van der Waals surface area contributed by atoms with Gasteiger partial charge in [0.25, 0.3) is 0 Å². The van der Waals surface area contributed by atoms with Crippen molar-refractivity contribution in [1.29, 1.82) is 0 Å². The lowest BCUT2D eigenvalue weighted by atomic mass is 10.2. The summed E-state index contributed by atoms with van der Waals surface area (Å²) in [5, 5.41) is 9.49. The van der Waals surface area contributed by atoms with Gasteiger partial charge in [0, 0.05) is 10.2 Å². The molecule has 0 unspecified atom stereocenters. The molecule has 0 aliphatic rings. The predicted octanol–water partition coefficient (Wildman–Crippen LogP) is 5.23. The number of aromatic nitrogens is 3. The first kappa shape index (κ1) is 16.2. The average molecular weight is 416 g/mol. The van der Waals surface area contributed by atoms with Gasteiger partial charge in [-0.05, 0) is 42.0 Å². The highest BCUT2D eigenvalue weighted by atomic mass is 79.9. The zero-order valence-corrected chi connectivity index (χ0v) is 15.5. The number of rotatable bonds is 6. The Morgan fingerprint density at radius 1 is 0.960 bits per heavy atom. The Kier molecular flexibility index (Phi) is 4.76. The number of thioether (sulfide) groups is 1. The van der Waals surface area contributed by atoms with E-state index in [0.717, 1.165) is 21.1 Å². The van der Waals surface area contributed by atoms with Crippen LogP contribution in [0.3, 0.4) is 0 Å². The van der Waals surface area contributed by atoms with Crippen LogP contribution in [0.2, 0.25) is 0 Å². The Bertz CT molecular complexity index is 932. The molecule has 0 spiro atoms. The fraction of sp³-hybridized carbons (Fsp3) is 0.111. The van der Waals surface area contributed by atoms with Crippen molar-refractivity contribution in [2.24, 2.45) is 0 Å². The van der Waals surface area contributed by atoms with Crippen molar-refractivity contribution in [3.63, 3.8) is 0 Å². The van der Waals surface area contributed by atoms with Crippen LogP contribution >= 0.6 is 27.7 Å². The van der Waals surface area contributed by atoms with Crippen LogP contribution in [0, 0.1) is 0 Å². The molecule has 126 valence electrons. The van der Waals surface area contributed by atoms with Gasteiger partial charge < -0.3 is 8.83 Å². The van der Waals surface area contributed by atoms with Gasteiger partial charge >= 0.3 is 0 Å². The third-order valence-electron chi connectivity index (χ3n) is 3.63. The van der Waals surface area contributed by atoms with E-state index in [4.69, 9.17) is 8.83 Å². The Balaban J connectivity index is 1.61. The largest absolute Gasteiger partial charge is 0.467 e. The number of benzene rings is 1. The molecule has 0 saturated heterocycles. The molecule has 1 aromatic carbocycles. The first-order valence-electron chi connectivity index (χ1n) is 7.66. The van der Waals surface area contributed by atoms with Crippen molar-refractivity contribution in [3.05, 3.63) is 76.9 Å². The number of furan rings is 2. The van der Waals surface area contributed by atoms with Crippen molar-refractivity contribution in [3.8, 4) is 11.6 Å². The number of hydrogen-bond acceptors (Lipinski definition) is 5. The second-order valence-electron chi connectivity index (χ2n) is 5.36. The van der Waals surface area contributed by atoms with Crippen molar-refractivity contribution >= 4 is 27.7 Å². The van der Waals surface area contributed by atoms with Gasteiger partial charge in [0.2, 0.25) is 5.82 Å². The van der Waals surface area contributed by atoms with Gasteiger partial charge in [-0.1, -0.05) is 39.8 Å². The lowest BCUT2D eigenvalue weighted by Gasteiger charge is -2.07. The Hall–Kier alpha value is -2.25. The SMILES string of the molecule is Brc1ccc(CSc2nnc(-c3ccco3)n2Cc2ccco2)cc1. The third kappa shape index (κ3) is 3.72. The molecule has 4 rings (SSSR count). The maximum Gasteiger partial charge on any atom is 0.200 e. The highest BCUT2D eigenvalue weighted by Crippen LogP contribution is 2.28. The van der Waals surface area contributed by atoms with Gasteiger partial charge in [0.15, 0.2) is 10.9 Å². The number of hydrogen-bond donors (Lipinski definition) is 0. The van der Waals surface area contributed by atoms with Gasteiger partial charge in [0.05, 0.1) is 19.1 Å². The molecule has 0 radical (unpaired) electrons. The molecule has 0 aliphatic heterocycles. The number of nitrogens with zero attached hydrogens (tertiary/aromatic N) is 3. The molecular weight excluding hydrogens is 402 g/mol. The molecule has 0 fully saturated rings. The zero-order chi connectivity index (χ0) is 17.1. The molecule has 0 atom stereocenters. The minimum atomic E-state index is 0.554. The third-order valence-corrected chi connectivity index (χ3v) is 5.20. The van der Waals surface area contributed by atoms with Crippen molar-refractivity contribution in [2.75, 3.05) is 0 Å². The topological polar surface area (TPSA) is 57.0 Å². The second-order valence-corrected chi connectivity index (χ2v) is 7.22. The van der Waals surface area contributed by atoms with Crippen LogP contribution in [0.4, 0.5) is 0 Å². The lowest BCUT2D eigenvalue weighted by molar-refractivity contribution is 0.482. The van der Waals surface area contributed by atoms with E-state index >= 15 is 0 Å². The molecule has 7 heteroatoms. The van der Waals surface area contributed by atoms with Crippen LogP contribution in [-0.2, 0) is 12.3 Å². The summed E-state index contributed by atoms with van der Waals surface area (Å²) in [7, 11) is 0. The van der Waals surface area contributed by atoms with Gasteiger partial charge in [0.1, 0.15) is 5.76 Å². The monoisotopic (exact) mass is 415 g/mol. The first-order chi connectivity index (χ1) is 12.3. The first-order valence-corrected chi connectivity index (χ1v) is 9.44. The smallest absolute Gasteiger partial charge is 0.200 e. The Morgan fingerprint density at radius 2 is 1.76 bits per heavy atom. The van der Waals surface area contributed by atoms with E-state index in [1.54, 1.807) is 24.3 Å². The highest BCUT2D eigenvalue weighted by Gasteiger charge is 2.17. The van der Waals surface area contributed by atoms with Crippen molar-refractivity contribution in [1.82, 2.24) is 14.8 Å². The summed E-state index contributed by atoms with van der Waals surface area (Å²) < 4.78 is 14.1. The van der Waals surface area contributed by atoms with Crippen LogP contribution in [0.5, 0.6) is 0 Å². The fourth-order valence-corrected chi connectivity index (χ4v) is 3.57. The summed E-state index contributed by atoms with van der Waals surface area (Å²) in [5.74, 6) is 3.04. The van der Waals surface area contributed by atoms with E-state index in [0.29, 0.717) is 18.1 Å². The maximum absolute atomic E-state index is 5.50. The molecule has 4 aromatic rings. The summed E-state index contributed by atoms with van der Waals surface area (Å²) >= 11 is 5.09. The molecule has 5 nitrogen and oxygen atoms in total. The molecule has 0 amide bonds. The van der Waals surface area contributed by atoms with Crippen LogP contribution in [0.25, 0.3) is 11.6 Å². The molecule has 25 heavy (non-hydrogen) atoms. The number of halogens is 1. The van der Waals surface area contributed by atoms with Crippen molar-refractivity contribution < 1.29 is 8.83 Å². The van der Waals surface area contributed by atoms with E-state index in [1.807, 2.05) is 41.0 Å². The van der Waals surface area contributed by atoms with Crippen LogP contribution in [-0.4, -0.2) is 14.8 Å². The van der Waals surface area contributed by atoms with E-state index < -0.39 is 0 Å². The predicted molar refractivity (Wildman–Crippen MR) is 99.2 cm³/mol. The molecule has 3 aromatic heterocycles. The van der Waals surface area contributed by atoms with E-state index in [2.05, 4.69) is 38.3 Å². The van der Waals surface area contributed by atoms with Gasteiger partial charge in [-0.2, -0.15) is 0 Å². The van der Waals surface area contributed by atoms with Crippen LogP contribution < -0.4 is 0 Å². The normalized spacial score (nSPS) is 11.1. The Morgan fingerprint density at radius 3 is 2.48 bits per heavy atom.